The molecule has 1 aromatic rings. The maximum absolute atomic E-state index is 12.2. The summed E-state index contributed by atoms with van der Waals surface area (Å²) >= 11 is 0. The third-order valence-corrected chi connectivity index (χ3v) is 3.53. The van der Waals surface area contributed by atoms with Gasteiger partial charge in [-0.25, -0.2) is 0 Å². The topological polar surface area (TPSA) is 48.4 Å². The highest BCUT2D eigenvalue weighted by Crippen LogP contribution is 2.38. The Labute approximate surface area is 107 Å². The summed E-state index contributed by atoms with van der Waals surface area (Å²) in [6.45, 7) is 2.48. The van der Waals surface area contributed by atoms with Gasteiger partial charge in [0.05, 0.1) is 18.4 Å². The second kappa shape index (κ2) is 5.48. The average molecular weight is 249 g/mol. The van der Waals surface area contributed by atoms with Crippen LogP contribution in [-0.2, 0) is 4.74 Å². The van der Waals surface area contributed by atoms with Gasteiger partial charge >= 0.3 is 0 Å². The molecule has 1 saturated carbocycles. The van der Waals surface area contributed by atoms with Crippen LogP contribution >= 0.6 is 0 Å². The highest BCUT2D eigenvalue weighted by Gasteiger charge is 2.39. The van der Waals surface area contributed by atoms with Crippen LogP contribution in [0.25, 0.3) is 0 Å². The summed E-state index contributed by atoms with van der Waals surface area (Å²) < 4.78 is 10.8. The van der Waals surface area contributed by atoms with E-state index in [0.717, 1.165) is 19.3 Å². The molecule has 1 aromatic heterocycles. The molecule has 1 aliphatic carbocycles. The van der Waals surface area contributed by atoms with Crippen LogP contribution in [0, 0.1) is 0 Å². The molecule has 0 saturated heterocycles. The Bertz CT molecular complexity index is 421. The van der Waals surface area contributed by atoms with E-state index in [-0.39, 0.29) is 11.4 Å². The Balaban J connectivity index is 2.06. The minimum Gasteiger partial charge on any atom is -0.492 e. The van der Waals surface area contributed by atoms with Crippen LogP contribution in [0.2, 0.25) is 0 Å². The molecule has 98 valence electrons. The van der Waals surface area contributed by atoms with Gasteiger partial charge in [-0.15, -0.1) is 0 Å². The van der Waals surface area contributed by atoms with Crippen LogP contribution in [0.4, 0.5) is 0 Å². The second-order valence-corrected chi connectivity index (χ2v) is 4.68. The molecule has 0 radical (unpaired) electrons. The molecule has 0 aliphatic heterocycles. The number of hydrogen-bond donors (Lipinski definition) is 0. The second-order valence-electron chi connectivity index (χ2n) is 4.68. The van der Waals surface area contributed by atoms with Crippen molar-refractivity contribution in [1.29, 1.82) is 0 Å². The molecule has 0 unspecified atom stereocenters. The number of hydrogen-bond acceptors (Lipinski definition) is 4. The number of nitrogens with zero attached hydrogens (tertiary/aromatic N) is 1. The zero-order valence-corrected chi connectivity index (χ0v) is 10.9. The Hall–Kier alpha value is -1.42. The number of aromatic nitrogens is 1. The molecular weight excluding hydrogens is 230 g/mol. The SMILES string of the molecule is CCOc1cncc(C(=O)CC2(OC)CCC2)c1. The number of ether oxygens (including phenoxy) is 2. The first-order valence-corrected chi connectivity index (χ1v) is 6.35. The Morgan fingerprint density at radius 2 is 2.22 bits per heavy atom. The van der Waals surface area contributed by atoms with Crippen molar-refractivity contribution < 1.29 is 14.3 Å². The number of Topliss-reactive ketones (excluding diaryl/α,β-unsaturated/α-hetero) is 1. The zero-order valence-electron chi connectivity index (χ0n) is 10.9. The Morgan fingerprint density at radius 1 is 1.44 bits per heavy atom. The van der Waals surface area contributed by atoms with Crippen molar-refractivity contribution in [3.8, 4) is 5.75 Å². The summed E-state index contributed by atoms with van der Waals surface area (Å²) in [4.78, 5) is 16.2. The van der Waals surface area contributed by atoms with E-state index < -0.39 is 0 Å². The fraction of sp³-hybridized carbons (Fsp3) is 0.571. The van der Waals surface area contributed by atoms with Crippen molar-refractivity contribution in [2.24, 2.45) is 0 Å². The van der Waals surface area contributed by atoms with E-state index in [9.17, 15) is 4.79 Å². The summed E-state index contributed by atoms with van der Waals surface area (Å²) in [7, 11) is 1.68. The van der Waals surface area contributed by atoms with Gasteiger partial charge in [-0.1, -0.05) is 0 Å². The monoisotopic (exact) mass is 249 g/mol. The fourth-order valence-electron chi connectivity index (χ4n) is 2.24. The molecule has 1 fully saturated rings. The first-order chi connectivity index (χ1) is 8.69. The molecule has 1 heterocycles. The van der Waals surface area contributed by atoms with Gasteiger partial charge in [-0.3, -0.25) is 9.78 Å². The van der Waals surface area contributed by atoms with Gasteiger partial charge in [0.1, 0.15) is 5.75 Å². The molecular formula is C14H19NO3. The van der Waals surface area contributed by atoms with Gasteiger partial charge < -0.3 is 9.47 Å². The van der Waals surface area contributed by atoms with Crippen LogP contribution in [0.3, 0.4) is 0 Å². The van der Waals surface area contributed by atoms with E-state index >= 15 is 0 Å². The molecule has 1 aliphatic rings. The lowest BCUT2D eigenvalue weighted by molar-refractivity contribution is -0.0704. The zero-order chi connectivity index (χ0) is 13.0. The largest absolute Gasteiger partial charge is 0.492 e. The third-order valence-electron chi connectivity index (χ3n) is 3.53. The smallest absolute Gasteiger partial charge is 0.167 e. The van der Waals surface area contributed by atoms with Gasteiger partial charge in [0.2, 0.25) is 0 Å². The highest BCUT2D eigenvalue weighted by atomic mass is 16.5. The summed E-state index contributed by atoms with van der Waals surface area (Å²) in [6.07, 6.45) is 6.71. The Kier molecular flexibility index (Phi) is 3.97. The average Bonchev–Trinajstić information content (AvgIpc) is 2.34. The van der Waals surface area contributed by atoms with Gasteiger partial charge in [0.15, 0.2) is 5.78 Å². The number of carbonyl (C=O) groups is 1. The molecule has 0 aromatic carbocycles. The highest BCUT2D eigenvalue weighted by molar-refractivity contribution is 5.96. The van der Waals surface area contributed by atoms with E-state index in [0.29, 0.717) is 24.3 Å². The lowest BCUT2D eigenvalue weighted by atomic mass is 9.76. The molecule has 0 amide bonds. The van der Waals surface area contributed by atoms with Crippen molar-refractivity contribution in [2.45, 2.75) is 38.2 Å². The van der Waals surface area contributed by atoms with Crippen LogP contribution in [-0.4, -0.2) is 30.1 Å². The summed E-state index contributed by atoms with van der Waals surface area (Å²) in [5, 5.41) is 0. The van der Waals surface area contributed by atoms with Crippen molar-refractivity contribution in [2.75, 3.05) is 13.7 Å². The van der Waals surface area contributed by atoms with Crippen molar-refractivity contribution in [1.82, 2.24) is 4.98 Å². The fourth-order valence-corrected chi connectivity index (χ4v) is 2.24. The van der Waals surface area contributed by atoms with Crippen molar-refractivity contribution in [3.05, 3.63) is 24.0 Å². The van der Waals surface area contributed by atoms with E-state index in [4.69, 9.17) is 9.47 Å². The molecule has 4 heteroatoms. The third kappa shape index (κ3) is 2.70. The number of ketones is 1. The summed E-state index contributed by atoms with van der Waals surface area (Å²) in [5.41, 5.74) is 0.364. The lowest BCUT2D eigenvalue weighted by Crippen LogP contribution is -2.41. The minimum atomic E-state index is -0.237. The van der Waals surface area contributed by atoms with Gasteiger partial charge in [-0.05, 0) is 32.3 Å². The van der Waals surface area contributed by atoms with E-state index in [1.54, 1.807) is 25.6 Å². The van der Waals surface area contributed by atoms with Crippen LogP contribution < -0.4 is 4.74 Å². The molecule has 2 rings (SSSR count). The van der Waals surface area contributed by atoms with E-state index in [1.165, 1.54) is 0 Å². The van der Waals surface area contributed by atoms with Crippen molar-refractivity contribution in [3.63, 3.8) is 0 Å². The quantitative estimate of drug-likeness (QED) is 0.727. The van der Waals surface area contributed by atoms with E-state index in [1.807, 2.05) is 6.92 Å². The molecule has 0 bridgehead atoms. The predicted molar refractivity (Wildman–Crippen MR) is 67.9 cm³/mol. The predicted octanol–water partition coefficient (Wildman–Crippen LogP) is 2.62. The minimum absolute atomic E-state index is 0.0746. The van der Waals surface area contributed by atoms with Crippen molar-refractivity contribution >= 4 is 5.78 Å². The van der Waals surface area contributed by atoms with Crippen LogP contribution in [0.15, 0.2) is 18.5 Å². The molecule has 4 nitrogen and oxygen atoms in total. The lowest BCUT2D eigenvalue weighted by Gasteiger charge is -2.40. The van der Waals surface area contributed by atoms with E-state index in [2.05, 4.69) is 4.98 Å². The first-order valence-electron chi connectivity index (χ1n) is 6.35. The molecule has 0 spiro atoms. The number of rotatable bonds is 6. The van der Waals surface area contributed by atoms with Crippen LogP contribution in [0.1, 0.15) is 43.0 Å². The normalized spacial score (nSPS) is 17.0. The number of pyridine rings is 1. The van der Waals surface area contributed by atoms with Gasteiger partial charge in [-0.2, -0.15) is 0 Å². The van der Waals surface area contributed by atoms with Gasteiger partial charge in [0.25, 0.3) is 0 Å². The maximum Gasteiger partial charge on any atom is 0.167 e. The molecule has 0 atom stereocenters. The first kappa shape index (κ1) is 13.0. The molecule has 18 heavy (non-hydrogen) atoms. The van der Waals surface area contributed by atoms with Crippen LogP contribution in [0.5, 0.6) is 5.75 Å². The van der Waals surface area contributed by atoms with Gasteiger partial charge in [0, 0.05) is 25.3 Å². The standard InChI is InChI=1S/C14H19NO3/c1-3-18-12-7-11(9-15-10-12)13(16)8-14(17-2)5-4-6-14/h7,9-10H,3-6,8H2,1-2H3. The number of methoxy groups -OCH3 is 1. The summed E-state index contributed by atoms with van der Waals surface area (Å²) in [6, 6.07) is 1.75. The maximum atomic E-state index is 12.2. The molecule has 0 N–H and O–H groups in total. The number of carbonyl (C=O) groups excluding carboxylic acids is 1. The Morgan fingerprint density at radius 3 is 2.78 bits per heavy atom. The summed E-state index contributed by atoms with van der Waals surface area (Å²) in [5.74, 6) is 0.717.